The van der Waals surface area contributed by atoms with Gasteiger partial charge in [-0.1, -0.05) is 5.16 Å². The largest absolute Gasteiger partial charge is 0.472 e. The highest BCUT2D eigenvalue weighted by Crippen LogP contribution is 2.16. The van der Waals surface area contributed by atoms with E-state index in [4.69, 9.17) is 8.94 Å². The molecule has 0 bridgehead atoms. The second kappa shape index (κ2) is 7.42. The molecule has 8 heteroatoms. The molecule has 3 heterocycles. The maximum atomic E-state index is 12.1. The van der Waals surface area contributed by atoms with Crippen LogP contribution in [0.3, 0.4) is 0 Å². The third-order valence-corrected chi connectivity index (χ3v) is 3.78. The number of carbonyl (C=O) groups excluding carboxylic acids is 1. The lowest BCUT2D eigenvalue weighted by Crippen LogP contribution is -2.38. The van der Waals surface area contributed by atoms with Gasteiger partial charge in [0.15, 0.2) is 0 Å². The van der Waals surface area contributed by atoms with Crippen LogP contribution in [0.1, 0.15) is 18.7 Å². The smallest absolute Gasteiger partial charge is 0.227 e. The van der Waals surface area contributed by atoms with Gasteiger partial charge in [-0.2, -0.15) is 4.98 Å². The Morgan fingerprint density at radius 2 is 2.41 bits per heavy atom. The molecule has 1 amide bonds. The van der Waals surface area contributed by atoms with E-state index in [1.54, 1.807) is 18.6 Å². The zero-order valence-corrected chi connectivity index (χ0v) is 13.1. The number of likely N-dealkylation sites (N-methyl/N-ethyl adjacent to an activating group) is 1. The first-order valence-corrected chi connectivity index (χ1v) is 7.05. The van der Waals surface area contributed by atoms with Crippen molar-refractivity contribution in [3.8, 4) is 11.4 Å². The molecule has 2 aromatic heterocycles. The number of halogens is 1. The number of hydrogen-bond acceptors (Lipinski definition) is 6. The molecule has 1 unspecified atom stereocenters. The molecule has 1 aliphatic rings. The molecule has 0 radical (unpaired) electrons. The second-order valence-electron chi connectivity index (χ2n) is 5.18. The third-order valence-electron chi connectivity index (χ3n) is 3.78. The minimum Gasteiger partial charge on any atom is -0.472 e. The molecule has 1 atom stereocenters. The Labute approximate surface area is 134 Å². The highest BCUT2D eigenvalue weighted by molar-refractivity contribution is 5.85. The van der Waals surface area contributed by atoms with Gasteiger partial charge in [-0.05, 0) is 19.0 Å². The predicted octanol–water partition coefficient (Wildman–Crippen LogP) is 1.50. The van der Waals surface area contributed by atoms with E-state index in [2.05, 4.69) is 15.5 Å². The van der Waals surface area contributed by atoms with Gasteiger partial charge in [-0.25, -0.2) is 0 Å². The van der Waals surface area contributed by atoms with Crippen molar-refractivity contribution < 1.29 is 13.7 Å². The molecule has 0 aromatic carbocycles. The summed E-state index contributed by atoms with van der Waals surface area (Å²) in [6.45, 7) is 1.84. The summed E-state index contributed by atoms with van der Waals surface area (Å²) in [6, 6.07) is 2.06. The summed E-state index contributed by atoms with van der Waals surface area (Å²) in [5, 5.41) is 7.14. The Hall–Kier alpha value is -1.86. The molecule has 1 fully saturated rings. The molecule has 1 aliphatic heterocycles. The molecule has 1 N–H and O–H groups in total. The lowest BCUT2D eigenvalue weighted by molar-refractivity contribution is -0.131. The molecular formula is C14H19ClN4O3. The van der Waals surface area contributed by atoms with Crippen LogP contribution >= 0.6 is 12.4 Å². The fourth-order valence-electron chi connectivity index (χ4n) is 2.43. The number of aromatic nitrogens is 2. The third kappa shape index (κ3) is 3.66. The second-order valence-corrected chi connectivity index (χ2v) is 5.18. The first-order chi connectivity index (χ1) is 10.2. The summed E-state index contributed by atoms with van der Waals surface area (Å²) in [6.07, 6.45) is 4.95. The summed E-state index contributed by atoms with van der Waals surface area (Å²) in [5.41, 5.74) is 0.769. The first-order valence-electron chi connectivity index (χ1n) is 7.05. The zero-order valence-electron chi connectivity index (χ0n) is 12.3. The molecule has 3 rings (SSSR count). The molecule has 0 spiro atoms. The SMILES string of the molecule is CN(C(=O)CCc1nc(-c2ccoc2)no1)C1CCNC1.Cl. The Morgan fingerprint density at radius 1 is 1.55 bits per heavy atom. The van der Waals surface area contributed by atoms with Gasteiger partial charge < -0.3 is 19.2 Å². The number of rotatable bonds is 5. The van der Waals surface area contributed by atoms with Gasteiger partial charge in [0.2, 0.25) is 17.6 Å². The van der Waals surface area contributed by atoms with Crippen molar-refractivity contribution >= 4 is 18.3 Å². The standard InChI is InChI=1S/C14H18N4O3.ClH/c1-18(11-4-6-15-8-11)13(19)3-2-12-16-14(17-21-12)10-5-7-20-9-10;/h5,7,9,11,15H,2-4,6,8H2,1H3;1H. The molecule has 120 valence electrons. The van der Waals surface area contributed by atoms with Gasteiger partial charge in [0.05, 0.1) is 11.8 Å². The van der Waals surface area contributed by atoms with Gasteiger partial charge in [0.25, 0.3) is 0 Å². The average Bonchev–Trinajstić information content (AvgIpc) is 3.25. The van der Waals surface area contributed by atoms with Gasteiger partial charge in [0.1, 0.15) is 6.26 Å². The Bertz CT molecular complexity index is 593. The van der Waals surface area contributed by atoms with E-state index in [1.165, 1.54) is 0 Å². The van der Waals surface area contributed by atoms with Crippen LogP contribution in [0.15, 0.2) is 27.5 Å². The molecule has 1 saturated heterocycles. The molecular weight excluding hydrogens is 308 g/mol. The number of furan rings is 1. The summed E-state index contributed by atoms with van der Waals surface area (Å²) >= 11 is 0. The van der Waals surface area contributed by atoms with Crippen molar-refractivity contribution in [1.29, 1.82) is 0 Å². The van der Waals surface area contributed by atoms with Gasteiger partial charge in [-0.15, -0.1) is 12.4 Å². The van der Waals surface area contributed by atoms with Gasteiger partial charge in [-0.3, -0.25) is 4.79 Å². The molecule has 0 saturated carbocycles. The summed E-state index contributed by atoms with van der Waals surface area (Å²) in [7, 11) is 1.85. The lowest BCUT2D eigenvalue weighted by Gasteiger charge is -2.23. The predicted molar refractivity (Wildman–Crippen MR) is 81.6 cm³/mol. The van der Waals surface area contributed by atoms with Crippen LogP contribution in [0.25, 0.3) is 11.4 Å². The van der Waals surface area contributed by atoms with E-state index in [0.717, 1.165) is 25.1 Å². The van der Waals surface area contributed by atoms with Crippen LogP contribution in [0.5, 0.6) is 0 Å². The average molecular weight is 327 g/mol. The van der Waals surface area contributed by atoms with Crippen LogP contribution < -0.4 is 5.32 Å². The van der Waals surface area contributed by atoms with Crippen LogP contribution in [0.2, 0.25) is 0 Å². The number of hydrogen-bond donors (Lipinski definition) is 1. The van der Waals surface area contributed by atoms with E-state index < -0.39 is 0 Å². The van der Waals surface area contributed by atoms with Gasteiger partial charge in [0, 0.05) is 32.5 Å². The van der Waals surface area contributed by atoms with Crippen LogP contribution in [0, 0.1) is 0 Å². The molecule has 2 aromatic rings. The quantitative estimate of drug-likeness (QED) is 0.896. The highest BCUT2D eigenvalue weighted by Gasteiger charge is 2.23. The maximum absolute atomic E-state index is 12.1. The normalized spacial score (nSPS) is 17.2. The van der Waals surface area contributed by atoms with Crippen molar-refractivity contribution in [2.24, 2.45) is 0 Å². The number of aryl methyl sites for hydroxylation is 1. The van der Waals surface area contributed by atoms with E-state index in [1.807, 2.05) is 11.9 Å². The Balaban J connectivity index is 0.00000176. The van der Waals surface area contributed by atoms with Crippen LogP contribution in [-0.2, 0) is 11.2 Å². The van der Waals surface area contributed by atoms with E-state index in [9.17, 15) is 4.79 Å². The minimum absolute atomic E-state index is 0. The van der Waals surface area contributed by atoms with Crippen molar-refractivity contribution in [3.63, 3.8) is 0 Å². The van der Waals surface area contributed by atoms with Crippen LogP contribution in [-0.4, -0.2) is 47.1 Å². The van der Waals surface area contributed by atoms with Crippen molar-refractivity contribution in [2.45, 2.75) is 25.3 Å². The number of nitrogens with zero attached hydrogens (tertiary/aromatic N) is 3. The summed E-state index contributed by atoms with van der Waals surface area (Å²) in [4.78, 5) is 18.2. The summed E-state index contributed by atoms with van der Waals surface area (Å²) in [5.74, 6) is 1.06. The van der Waals surface area contributed by atoms with Crippen molar-refractivity contribution in [3.05, 3.63) is 24.5 Å². The number of carbonyl (C=O) groups is 1. The summed E-state index contributed by atoms with van der Waals surface area (Å²) < 4.78 is 10.1. The fourth-order valence-corrected chi connectivity index (χ4v) is 2.43. The molecule has 7 nitrogen and oxygen atoms in total. The topological polar surface area (TPSA) is 84.4 Å². The number of amides is 1. The maximum Gasteiger partial charge on any atom is 0.227 e. The minimum atomic E-state index is 0. The first kappa shape index (κ1) is 16.5. The Morgan fingerprint density at radius 3 is 3.09 bits per heavy atom. The lowest BCUT2D eigenvalue weighted by atomic mass is 10.2. The van der Waals surface area contributed by atoms with Crippen molar-refractivity contribution in [1.82, 2.24) is 20.4 Å². The monoisotopic (exact) mass is 326 g/mol. The Kier molecular flexibility index (Phi) is 5.57. The fraction of sp³-hybridized carbons (Fsp3) is 0.500. The van der Waals surface area contributed by atoms with E-state index >= 15 is 0 Å². The van der Waals surface area contributed by atoms with Crippen LogP contribution in [0.4, 0.5) is 0 Å². The van der Waals surface area contributed by atoms with Gasteiger partial charge >= 0.3 is 0 Å². The number of nitrogens with one attached hydrogen (secondary N) is 1. The highest BCUT2D eigenvalue weighted by atomic mass is 35.5. The van der Waals surface area contributed by atoms with E-state index in [-0.39, 0.29) is 18.3 Å². The van der Waals surface area contributed by atoms with E-state index in [0.29, 0.717) is 30.6 Å². The zero-order chi connectivity index (χ0) is 14.7. The molecule has 22 heavy (non-hydrogen) atoms. The van der Waals surface area contributed by atoms with Crippen molar-refractivity contribution in [2.75, 3.05) is 20.1 Å². The molecule has 0 aliphatic carbocycles.